The van der Waals surface area contributed by atoms with Crippen molar-refractivity contribution in [2.24, 2.45) is 5.73 Å². The topological polar surface area (TPSA) is 118 Å². The maximum Gasteiger partial charge on any atom is 0.304 e. The van der Waals surface area contributed by atoms with Crippen molar-refractivity contribution in [2.45, 2.75) is 18.2 Å². The number of aryl methyl sites for hydroxylation is 1. The molecule has 1 rings (SSSR count). The maximum absolute atomic E-state index is 10.5. The Labute approximate surface area is 99.8 Å². The molecule has 6 nitrogen and oxygen atoms in total. The van der Waals surface area contributed by atoms with Gasteiger partial charge in [-0.25, -0.2) is 0 Å². The van der Waals surface area contributed by atoms with Crippen molar-refractivity contribution in [3.05, 3.63) is 29.8 Å². The van der Waals surface area contributed by atoms with Crippen molar-refractivity contribution in [1.29, 1.82) is 0 Å². The average Bonchev–Trinajstić information content (AvgIpc) is 2.17. The Morgan fingerprint density at radius 2 is 1.76 bits per heavy atom. The lowest BCUT2D eigenvalue weighted by Gasteiger charge is -1.95. The third kappa shape index (κ3) is 7.45. The third-order valence-electron chi connectivity index (χ3n) is 1.68. The number of carbonyl (C=O) groups is 1. The number of carboxylic acid groups (broad SMARTS) is 1. The quantitative estimate of drug-likeness (QED) is 0.688. The van der Waals surface area contributed by atoms with E-state index >= 15 is 0 Å². The van der Waals surface area contributed by atoms with Crippen LogP contribution in [0.3, 0.4) is 0 Å². The molecule has 0 amide bonds. The number of hydrogen-bond acceptors (Lipinski definition) is 4. The summed E-state index contributed by atoms with van der Waals surface area (Å²) in [5, 5.41) is 7.83. The number of carboxylic acids is 1. The Hall–Kier alpha value is -1.44. The van der Waals surface area contributed by atoms with E-state index in [1.54, 1.807) is 12.1 Å². The monoisotopic (exact) mass is 261 g/mol. The van der Waals surface area contributed by atoms with Crippen LogP contribution in [0.1, 0.15) is 12.0 Å². The fourth-order valence-corrected chi connectivity index (χ4v) is 1.31. The van der Waals surface area contributed by atoms with E-state index < -0.39 is 16.1 Å². The molecule has 0 unspecified atom stereocenters. The molecule has 7 heteroatoms. The summed E-state index contributed by atoms with van der Waals surface area (Å²) in [5.41, 5.74) is 5.80. The highest BCUT2D eigenvalue weighted by Gasteiger charge is 2.06. The summed E-state index contributed by atoms with van der Waals surface area (Å²) in [6.07, 6.45) is 0.0694. The van der Waals surface area contributed by atoms with Crippen LogP contribution in [0.2, 0.25) is 0 Å². The van der Waals surface area contributed by atoms with Crippen molar-refractivity contribution >= 4 is 16.1 Å². The van der Waals surface area contributed by atoms with Crippen molar-refractivity contribution in [3.63, 3.8) is 0 Å². The van der Waals surface area contributed by atoms with Gasteiger partial charge in [-0.2, -0.15) is 8.42 Å². The number of hydrogen-bond donors (Lipinski definition) is 3. The smallest absolute Gasteiger partial charge is 0.304 e. The lowest BCUT2D eigenvalue weighted by atomic mass is 10.2. The first-order valence-electron chi connectivity index (χ1n) is 4.73. The summed E-state index contributed by atoms with van der Waals surface area (Å²) < 4.78 is 29.6. The molecule has 17 heavy (non-hydrogen) atoms. The van der Waals surface area contributed by atoms with Crippen LogP contribution in [0.15, 0.2) is 29.2 Å². The minimum absolute atomic E-state index is 0.0666. The summed E-state index contributed by atoms with van der Waals surface area (Å²) in [7, 11) is -4.02. The van der Waals surface area contributed by atoms with Gasteiger partial charge in [0, 0.05) is 6.54 Å². The van der Waals surface area contributed by atoms with Crippen molar-refractivity contribution in [1.82, 2.24) is 0 Å². The Bertz CT molecular complexity index is 452. The number of benzene rings is 1. The van der Waals surface area contributed by atoms with Crippen molar-refractivity contribution < 1.29 is 22.9 Å². The highest BCUT2D eigenvalue weighted by Crippen LogP contribution is 2.08. The molecular weight excluding hydrogens is 246 g/mol. The van der Waals surface area contributed by atoms with Crippen LogP contribution in [-0.4, -0.2) is 30.6 Å². The Morgan fingerprint density at radius 3 is 2.00 bits per heavy atom. The molecule has 0 heterocycles. The van der Waals surface area contributed by atoms with E-state index in [1.165, 1.54) is 12.1 Å². The molecule has 1 aromatic rings. The molecule has 0 saturated heterocycles. The van der Waals surface area contributed by atoms with Crippen molar-refractivity contribution in [3.8, 4) is 0 Å². The number of nitrogens with two attached hydrogens (primary N) is 1. The first kappa shape index (κ1) is 15.6. The van der Waals surface area contributed by atoms with E-state index in [4.69, 9.17) is 15.4 Å². The standard InChI is InChI=1S/C7H8O3S.C3H7NO2/c1-6-2-4-7(5-3-6)11(8,9)10;4-2-1-3(5)6/h2-5H,1H3,(H,8,9,10);1-2,4H2,(H,5,6). The van der Waals surface area contributed by atoms with Crippen LogP contribution < -0.4 is 5.73 Å². The van der Waals surface area contributed by atoms with Gasteiger partial charge in [0.15, 0.2) is 0 Å². The van der Waals surface area contributed by atoms with Crippen LogP contribution >= 0.6 is 0 Å². The molecule has 0 radical (unpaired) electrons. The van der Waals surface area contributed by atoms with Gasteiger partial charge in [0.2, 0.25) is 0 Å². The Morgan fingerprint density at radius 1 is 1.29 bits per heavy atom. The van der Waals surface area contributed by atoms with E-state index in [9.17, 15) is 13.2 Å². The number of rotatable bonds is 3. The third-order valence-corrected chi connectivity index (χ3v) is 2.54. The molecule has 4 N–H and O–H groups in total. The number of aliphatic carboxylic acids is 1. The van der Waals surface area contributed by atoms with Gasteiger partial charge >= 0.3 is 5.97 Å². The van der Waals surface area contributed by atoms with E-state index in [2.05, 4.69) is 0 Å². The molecule has 0 spiro atoms. The summed E-state index contributed by atoms with van der Waals surface area (Å²) in [4.78, 5) is 9.45. The predicted octanol–water partition coefficient (Wildman–Crippen LogP) is 0.662. The maximum atomic E-state index is 10.5. The summed E-state index contributed by atoms with van der Waals surface area (Å²) >= 11 is 0. The van der Waals surface area contributed by atoms with Gasteiger partial charge in [-0.3, -0.25) is 9.35 Å². The molecule has 1 aromatic carbocycles. The fraction of sp³-hybridized carbons (Fsp3) is 0.300. The van der Waals surface area contributed by atoms with Gasteiger partial charge in [-0.05, 0) is 19.1 Å². The molecular formula is C10H15NO5S. The molecule has 0 aliphatic heterocycles. The van der Waals surface area contributed by atoms with Crippen LogP contribution in [-0.2, 0) is 14.9 Å². The van der Waals surface area contributed by atoms with Crippen LogP contribution in [0.25, 0.3) is 0 Å². The first-order chi connectivity index (χ1) is 7.77. The lowest BCUT2D eigenvalue weighted by Crippen LogP contribution is -2.05. The second kappa shape index (κ2) is 7.00. The normalized spacial score (nSPS) is 10.3. The summed E-state index contributed by atoms with van der Waals surface area (Å²) in [5.74, 6) is -0.836. The molecule has 0 aromatic heterocycles. The van der Waals surface area contributed by atoms with Crippen molar-refractivity contribution in [2.75, 3.05) is 6.54 Å². The zero-order valence-electron chi connectivity index (χ0n) is 9.33. The zero-order valence-corrected chi connectivity index (χ0v) is 10.1. The van der Waals surface area contributed by atoms with Crippen LogP contribution in [0, 0.1) is 6.92 Å². The fourth-order valence-electron chi connectivity index (χ4n) is 0.834. The highest BCUT2D eigenvalue weighted by atomic mass is 32.2. The second-order valence-electron chi connectivity index (χ2n) is 3.22. The van der Waals surface area contributed by atoms with Crippen LogP contribution in [0.5, 0.6) is 0 Å². The van der Waals surface area contributed by atoms with E-state index in [-0.39, 0.29) is 17.9 Å². The molecule has 0 aliphatic carbocycles. The summed E-state index contributed by atoms with van der Waals surface area (Å²) in [6.45, 7) is 2.07. The molecule has 96 valence electrons. The predicted molar refractivity (Wildman–Crippen MR) is 62.3 cm³/mol. The van der Waals surface area contributed by atoms with E-state index in [0.717, 1.165) is 5.56 Å². The minimum atomic E-state index is -4.02. The van der Waals surface area contributed by atoms with Gasteiger partial charge in [-0.15, -0.1) is 0 Å². The van der Waals surface area contributed by atoms with E-state index in [1.807, 2.05) is 6.92 Å². The lowest BCUT2D eigenvalue weighted by molar-refractivity contribution is -0.136. The average molecular weight is 261 g/mol. The van der Waals surface area contributed by atoms with Gasteiger partial charge in [0.05, 0.1) is 11.3 Å². The Balaban J connectivity index is 0.000000366. The zero-order chi connectivity index (χ0) is 13.5. The SMILES string of the molecule is Cc1ccc(S(=O)(=O)O)cc1.NCCC(=O)O. The molecule has 0 bridgehead atoms. The van der Waals surface area contributed by atoms with Gasteiger partial charge < -0.3 is 10.8 Å². The Kier molecular flexibility index (Phi) is 6.40. The first-order valence-corrected chi connectivity index (χ1v) is 6.17. The van der Waals surface area contributed by atoms with Crippen LogP contribution in [0.4, 0.5) is 0 Å². The molecule has 0 atom stereocenters. The van der Waals surface area contributed by atoms with Gasteiger partial charge in [0.25, 0.3) is 10.1 Å². The largest absolute Gasteiger partial charge is 0.481 e. The second-order valence-corrected chi connectivity index (χ2v) is 4.64. The van der Waals surface area contributed by atoms with Gasteiger partial charge in [-0.1, -0.05) is 17.7 Å². The highest BCUT2D eigenvalue weighted by molar-refractivity contribution is 7.85. The molecule has 0 aliphatic rings. The molecule has 0 saturated carbocycles. The molecule has 0 fully saturated rings. The van der Waals surface area contributed by atoms with E-state index in [0.29, 0.717) is 0 Å². The van der Waals surface area contributed by atoms with Gasteiger partial charge in [0.1, 0.15) is 0 Å². The summed E-state index contributed by atoms with van der Waals surface area (Å²) in [6, 6.07) is 5.99. The minimum Gasteiger partial charge on any atom is -0.481 e.